The number of hydrogen-bond acceptors (Lipinski definition) is 6. The summed E-state index contributed by atoms with van der Waals surface area (Å²) in [6.07, 6.45) is 4.35. The number of benzene rings is 1. The summed E-state index contributed by atoms with van der Waals surface area (Å²) in [4.78, 5) is 19.7. The van der Waals surface area contributed by atoms with Crippen molar-refractivity contribution >= 4 is 17.5 Å². The molecule has 0 saturated carbocycles. The number of nitriles is 1. The first-order valence-electron chi connectivity index (χ1n) is 13.1. The minimum absolute atomic E-state index is 0.293. The fourth-order valence-corrected chi connectivity index (χ4v) is 4.06. The molecule has 202 valence electrons. The number of rotatable bonds is 7. The molecule has 1 aliphatic rings. The highest BCUT2D eigenvalue weighted by Gasteiger charge is 2.18. The number of nitrogens with one attached hydrogen (secondary N) is 2. The van der Waals surface area contributed by atoms with Gasteiger partial charge in [-0.15, -0.1) is 0 Å². The topological polar surface area (TPSA) is 108 Å². The normalized spacial score (nSPS) is 13.2. The Morgan fingerprint density at radius 2 is 1.89 bits per heavy atom. The van der Waals surface area contributed by atoms with Gasteiger partial charge in [0.15, 0.2) is 0 Å². The third-order valence-electron chi connectivity index (χ3n) is 6.29. The monoisotopic (exact) mass is 517 g/mol. The first-order valence-corrected chi connectivity index (χ1v) is 13.1. The molecule has 3 heterocycles. The Balaban J connectivity index is 0.00000195. The van der Waals surface area contributed by atoms with Crippen molar-refractivity contribution in [2.45, 2.75) is 41.0 Å². The van der Waals surface area contributed by atoms with Crippen LogP contribution in [0.2, 0.25) is 0 Å². The molecule has 1 saturated heterocycles. The molecule has 0 unspecified atom stereocenters. The summed E-state index contributed by atoms with van der Waals surface area (Å²) < 4.78 is 7.30. The van der Waals surface area contributed by atoms with Crippen LogP contribution in [0.15, 0.2) is 42.7 Å². The molecule has 1 aliphatic heterocycles. The lowest BCUT2D eigenvalue weighted by molar-refractivity contribution is 0.122. The number of carbonyl (C=O) groups excluding carboxylic acids is 1. The maximum atomic E-state index is 12.5. The second kappa shape index (κ2) is 13.1. The first-order chi connectivity index (χ1) is 18.2. The van der Waals surface area contributed by atoms with Crippen molar-refractivity contribution in [1.29, 1.82) is 5.26 Å². The number of nitrogens with zero attached hydrogens (tertiary/aromatic N) is 5. The predicted molar refractivity (Wildman–Crippen MR) is 152 cm³/mol. The Kier molecular flexibility index (Phi) is 9.85. The highest BCUT2D eigenvalue weighted by atomic mass is 16.5. The number of amides is 2. The van der Waals surface area contributed by atoms with Crippen LogP contribution >= 0.6 is 0 Å². The van der Waals surface area contributed by atoms with Crippen LogP contribution in [0.3, 0.4) is 0 Å². The number of carbonyl (C=O) groups is 1. The molecule has 38 heavy (non-hydrogen) atoms. The van der Waals surface area contributed by atoms with Gasteiger partial charge in [0.1, 0.15) is 5.82 Å². The first kappa shape index (κ1) is 28.7. The van der Waals surface area contributed by atoms with E-state index < -0.39 is 5.41 Å². The standard InChI is InChI=1S/C27H33N7O2.C2H6/c1-19-5-6-22(31-26(35)29-8-7-27(2,3)18-28)15-23(19)20-13-24(21-16-30-33(4)17-21)32-25(14-20)34-9-11-36-12-10-34;1-2/h5-6,13-17H,7-12H2,1-4H3,(H2,29,31,35);1-2H3. The summed E-state index contributed by atoms with van der Waals surface area (Å²) >= 11 is 0. The van der Waals surface area contributed by atoms with Crippen molar-refractivity contribution in [2.75, 3.05) is 43.1 Å². The molecule has 9 heteroatoms. The van der Waals surface area contributed by atoms with E-state index in [0.717, 1.165) is 46.9 Å². The van der Waals surface area contributed by atoms with Crippen LogP contribution in [0.25, 0.3) is 22.4 Å². The molecule has 0 atom stereocenters. The maximum absolute atomic E-state index is 12.5. The summed E-state index contributed by atoms with van der Waals surface area (Å²) in [7, 11) is 1.89. The third-order valence-corrected chi connectivity index (χ3v) is 6.29. The Morgan fingerprint density at radius 1 is 1.16 bits per heavy atom. The van der Waals surface area contributed by atoms with Crippen molar-refractivity contribution in [2.24, 2.45) is 12.5 Å². The Labute approximate surface area is 225 Å². The van der Waals surface area contributed by atoms with Gasteiger partial charge in [0, 0.05) is 44.1 Å². The van der Waals surface area contributed by atoms with E-state index in [1.54, 1.807) is 4.68 Å². The van der Waals surface area contributed by atoms with E-state index in [2.05, 4.69) is 45.8 Å². The van der Waals surface area contributed by atoms with E-state index >= 15 is 0 Å². The Morgan fingerprint density at radius 3 is 2.55 bits per heavy atom. The lowest BCUT2D eigenvalue weighted by Gasteiger charge is -2.28. The molecule has 3 aromatic rings. The smallest absolute Gasteiger partial charge is 0.319 e. The highest BCUT2D eigenvalue weighted by Crippen LogP contribution is 2.33. The van der Waals surface area contributed by atoms with E-state index in [1.165, 1.54) is 0 Å². The van der Waals surface area contributed by atoms with Gasteiger partial charge in [-0.05, 0) is 68.1 Å². The van der Waals surface area contributed by atoms with Gasteiger partial charge in [0.05, 0.1) is 36.6 Å². The van der Waals surface area contributed by atoms with Gasteiger partial charge in [-0.2, -0.15) is 10.4 Å². The zero-order valence-corrected chi connectivity index (χ0v) is 23.3. The molecule has 0 bridgehead atoms. The van der Waals surface area contributed by atoms with E-state index in [0.29, 0.717) is 31.9 Å². The van der Waals surface area contributed by atoms with Gasteiger partial charge in [0.2, 0.25) is 0 Å². The number of aryl methyl sites for hydroxylation is 2. The number of aromatic nitrogens is 3. The van der Waals surface area contributed by atoms with E-state index in [-0.39, 0.29) is 6.03 Å². The molecule has 2 N–H and O–H groups in total. The number of urea groups is 1. The Hall–Kier alpha value is -3.90. The lowest BCUT2D eigenvalue weighted by Crippen LogP contribution is -2.36. The molecule has 0 spiro atoms. The minimum atomic E-state index is -0.476. The van der Waals surface area contributed by atoms with Crippen LogP contribution in [0, 0.1) is 23.7 Å². The molecule has 0 radical (unpaired) electrons. The quantitative estimate of drug-likeness (QED) is 0.436. The van der Waals surface area contributed by atoms with Gasteiger partial charge in [-0.1, -0.05) is 19.9 Å². The summed E-state index contributed by atoms with van der Waals surface area (Å²) in [5.41, 5.74) is 5.13. The summed E-state index contributed by atoms with van der Waals surface area (Å²) in [5, 5.41) is 19.2. The number of hydrogen-bond donors (Lipinski definition) is 2. The molecule has 0 aliphatic carbocycles. The van der Waals surface area contributed by atoms with Gasteiger partial charge in [0.25, 0.3) is 0 Å². The SMILES string of the molecule is CC.Cc1ccc(NC(=O)NCCC(C)(C)C#N)cc1-c1cc(-c2cnn(C)c2)nc(N2CCOCC2)c1. The van der Waals surface area contributed by atoms with Crippen LogP contribution in [0.4, 0.5) is 16.3 Å². The third kappa shape index (κ3) is 7.56. The Bertz CT molecular complexity index is 1270. The van der Waals surface area contributed by atoms with Crippen LogP contribution in [-0.4, -0.2) is 53.6 Å². The maximum Gasteiger partial charge on any atom is 0.319 e. The number of morpholine rings is 1. The predicted octanol–water partition coefficient (Wildman–Crippen LogP) is 5.38. The van der Waals surface area contributed by atoms with E-state index in [9.17, 15) is 4.79 Å². The average Bonchev–Trinajstić information content (AvgIpc) is 3.37. The van der Waals surface area contributed by atoms with Gasteiger partial charge >= 0.3 is 6.03 Å². The molecular formula is C29H39N7O2. The van der Waals surface area contributed by atoms with Crippen LogP contribution in [0.5, 0.6) is 0 Å². The molecule has 2 amide bonds. The van der Waals surface area contributed by atoms with Crippen molar-refractivity contribution in [3.63, 3.8) is 0 Å². The summed E-state index contributed by atoms with van der Waals surface area (Å²) in [6, 6.07) is 12.0. The van der Waals surface area contributed by atoms with Crippen molar-refractivity contribution in [3.05, 3.63) is 48.3 Å². The highest BCUT2D eigenvalue weighted by molar-refractivity contribution is 5.90. The van der Waals surface area contributed by atoms with Crippen LogP contribution in [0.1, 0.15) is 39.7 Å². The van der Waals surface area contributed by atoms with Gasteiger partial charge < -0.3 is 20.3 Å². The second-order valence-corrected chi connectivity index (χ2v) is 9.76. The van der Waals surface area contributed by atoms with Gasteiger partial charge in [-0.25, -0.2) is 9.78 Å². The molecule has 9 nitrogen and oxygen atoms in total. The number of pyridine rings is 1. The molecule has 1 aromatic carbocycles. The molecule has 4 rings (SSSR count). The largest absolute Gasteiger partial charge is 0.378 e. The average molecular weight is 518 g/mol. The fourth-order valence-electron chi connectivity index (χ4n) is 4.06. The second-order valence-electron chi connectivity index (χ2n) is 9.76. The van der Waals surface area contributed by atoms with Gasteiger partial charge in [-0.3, -0.25) is 4.68 Å². The van der Waals surface area contributed by atoms with Crippen LogP contribution in [-0.2, 0) is 11.8 Å². The number of ether oxygens (including phenoxy) is 1. The zero-order chi connectivity index (χ0) is 27.7. The van der Waals surface area contributed by atoms with Crippen molar-refractivity contribution < 1.29 is 9.53 Å². The van der Waals surface area contributed by atoms with E-state index in [1.807, 2.05) is 65.3 Å². The molecular weight excluding hydrogens is 478 g/mol. The fraction of sp³-hybridized carbons (Fsp3) is 0.448. The van der Waals surface area contributed by atoms with E-state index in [4.69, 9.17) is 15.0 Å². The van der Waals surface area contributed by atoms with Crippen molar-refractivity contribution in [1.82, 2.24) is 20.1 Å². The molecule has 1 fully saturated rings. The van der Waals surface area contributed by atoms with Crippen LogP contribution < -0.4 is 15.5 Å². The summed E-state index contributed by atoms with van der Waals surface area (Å²) in [6.45, 7) is 13.1. The zero-order valence-electron chi connectivity index (χ0n) is 23.3. The summed E-state index contributed by atoms with van der Waals surface area (Å²) in [5.74, 6) is 0.894. The number of anilines is 2. The minimum Gasteiger partial charge on any atom is -0.378 e. The molecule has 2 aromatic heterocycles. The van der Waals surface area contributed by atoms with Crippen molar-refractivity contribution in [3.8, 4) is 28.5 Å². The lowest BCUT2D eigenvalue weighted by atomic mass is 9.92.